The molecule has 23 heavy (non-hydrogen) atoms. The van der Waals surface area contributed by atoms with Crippen molar-refractivity contribution in [3.8, 4) is 0 Å². The Bertz CT molecular complexity index is 659. The van der Waals surface area contributed by atoms with Gasteiger partial charge in [0.2, 0.25) is 5.91 Å². The van der Waals surface area contributed by atoms with Crippen molar-refractivity contribution in [2.24, 2.45) is 5.92 Å². The maximum absolute atomic E-state index is 13.2. The van der Waals surface area contributed by atoms with Crippen LogP contribution in [0.4, 0.5) is 4.39 Å². The summed E-state index contributed by atoms with van der Waals surface area (Å²) in [7, 11) is 0. The first-order valence-electron chi connectivity index (χ1n) is 8.12. The minimum Gasteiger partial charge on any atom is -0.342 e. The number of amides is 1. The van der Waals surface area contributed by atoms with Crippen LogP contribution in [0.15, 0.2) is 48.8 Å². The fourth-order valence-electron chi connectivity index (χ4n) is 3.24. The minimum atomic E-state index is -0.289. The summed E-state index contributed by atoms with van der Waals surface area (Å²) in [6.45, 7) is 1.58. The van der Waals surface area contributed by atoms with Gasteiger partial charge in [0.1, 0.15) is 5.82 Å². The van der Waals surface area contributed by atoms with Crippen LogP contribution < -0.4 is 0 Å². The van der Waals surface area contributed by atoms with Crippen LogP contribution in [0.1, 0.15) is 24.0 Å². The molecule has 2 heterocycles. The first kappa shape index (κ1) is 15.7. The van der Waals surface area contributed by atoms with Crippen LogP contribution in [0.2, 0.25) is 0 Å². The van der Waals surface area contributed by atoms with Gasteiger partial charge in [0, 0.05) is 25.5 Å². The molecule has 0 saturated carbocycles. The SMILES string of the molecule is O=C(Cc1cccc(F)c1)N1CCCC(Cc2cccnc2)C1. The van der Waals surface area contributed by atoms with Crippen molar-refractivity contribution in [3.05, 3.63) is 65.7 Å². The number of likely N-dealkylation sites (tertiary alicyclic amines) is 1. The molecule has 1 aromatic heterocycles. The van der Waals surface area contributed by atoms with Gasteiger partial charge in [0.25, 0.3) is 0 Å². The van der Waals surface area contributed by atoms with E-state index in [-0.39, 0.29) is 18.1 Å². The Morgan fingerprint density at radius 3 is 2.91 bits per heavy atom. The molecule has 1 amide bonds. The van der Waals surface area contributed by atoms with E-state index in [0.717, 1.165) is 37.9 Å². The van der Waals surface area contributed by atoms with Crippen molar-refractivity contribution < 1.29 is 9.18 Å². The number of benzene rings is 1. The normalized spacial score (nSPS) is 18.0. The van der Waals surface area contributed by atoms with Gasteiger partial charge in [-0.15, -0.1) is 0 Å². The molecule has 1 aromatic carbocycles. The number of piperidine rings is 1. The van der Waals surface area contributed by atoms with E-state index in [1.807, 2.05) is 17.2 Å². The molecular formula is C19H21FN2O. The van der Waals surface area contributed by atoms with E-state index in [0.29, 0.717) is 5.92 Å². The van der Waals surface area contributed by atoms with Crippen LogP contribution in [-0.4, -0.2) is 28.9 Å². The summed E-state index contributed by atoms with van der Waals surface area (Å²) in [4.78, 5) is 18.5. The summed E-state index contributed by atoms with van der Waals surface area (Å²) in [5, 5.41) is 0. The molecule has 2 aromatic rings. The molecule has 1 aliphatic rings. The second kappa shape index (κ2) is 7.36. The molecule has 4 heteroatoms. The molecule has 1 atom stereocenters. The molecule has 1 unspecified atom stereocenters. The zero-order chi connectivity index (χ0) is 16.1. The van der Waals surface area contributed by atoms with E-state index in [1.54, 1.807) is 18.3 Å². The lowest BCUT2D eigenvalue weighted by Crippen LogP contribution is -2.41. The van der Waals surface area contributed by atoms with Crippen molar-refractivity contribution in [3.63, 3.8) is 0 Å². The van der Waals surface area contributed by atoms with Crippen LogP contribution in [0.25, 0.3) is 0 Å². The summed E-state index contributed by atoms with van der Waals surface area (Å²) in [6.07, 6.45) is 7.07. The predicted octanol–water partition coefficient (Wildman–Crippen LogP) is 3.24. The van der Waals surface area contributed by atoms with E-state index in [9.17, 15) is 9.18 Å². The Morgan fingerprint density at radius 2 is 2.13 bits per heavy atom. The number of nitrogens with zero attached hydrogens (tertiary/aromatic N) is 2. The van der Waals surface area contributed by atoms with Crippen molar-refractivity contribution in [1.29, 1.82) is 0 Å². The number of carbonyl (C=O) groups excluding carboxylic acids is 1. The topological polar surface area (TPSA) is 33.2 Å². The molecule has 1 saturated heterocycles. The maximum atomic E-state index is 13.2. The van der Waals surface area contributed by atoms with Gasteiger partial charge in [-0.2, -0.15) is 0 Å². The highest BCUT2D eigenvalue weighted by Gasteiger charge is 2.23. The molecule has 1 aliphatic heterocycles. The molecule has 0 radical (unpaired) electrons. The van der Waals surface area contributed by atoms with Crippen LogP contribution in [0.3, 0.4) is 0 Å². The van der Waals surface area contributed by atoms with Crippen LogP contribution in [-0.2, 0) is 17.6 Å². The van der Waals surface area contributed by atoms with Gasteiger partial charge in [0.15, 0.2) is 0 Å². The van der Waals surface area contributed by atoms with Crippen molar-refractivity contribution in [2.75, 3.05) is 13.1 Å². The number of hydrogen-bond acceptors (Lipinski definition) is 2. The third-order valence-corrected chi connectivity index (χ3v) is 4.36. The van der Waals surface area contributed by atoms with Crippen molar-refractivity contribution in [1.82, 2.24) is 9.88 Å². The van der Waals surface area contributed by atoms with E-state index in [4.69, 9.17) is 0 Å². The highest BCUT2D eigenvalue weighted by Crippen LogP contribution is 2.21. The average molecular weight is 312 g/mol. The fourth-order valence-corrected chi connectivity index (χ4v) is 3.24. The predicted molar refractivity (Wildman–Crippen MR) is 87.3 cm³/mol. The largest absolute Gasteiger partial charge is 0.342 e. The number of halogens is 1. The molecule has 0 bridgehead atoms. The molecular weight excluding hydrogens is 291 g/mol. The summed E-state index contributed by atoms with van der Waals surface area (Å²) in [5.41, 5.74) is 1.96. The molecule has 0 N–H and O–H groups in total. The first-order chi connectivity index (χ1) is 11.2. The number of carbonyl (C=O) groups is 1. The van der Waals surface area contributed by atoms with Gasteiger partial charge in [-0.3, -0.25) is 9.78 Å². The van der Waals surface area contributed by atoms with Crippen molar-refractivity contribution >= 4 is 5.91 Å². The third-order valence-electron chi connectivity index (χ3n) is 4.36. The van der Waals surface area contributed by atoms with Gasteiger partial charge in [-0.05, 0) is 54.5 Å². The fraction of sp³-hybridized carbons (Fsp3) is 0.368. The lowest BCUT2D eigenvalue weighted by molar-refractivity contribution is -0.132. The van der Waals surface area contributed by atoms with E-state index >= 15 is 0 Å². The average Bonchev–Trinajstić information content (AvgIpc) is 2.56. The molecule has 0 spiro atoms. The second-order valence-corrected chi connectivity index (χ2v) is 6.22. The standard InChI is InChI=1S/C19H21FN2O/c20-18-7-1-4-15(11-18)12-19(23)22-9-3-6-17(14-22)10-16-5-2-8-21-13-16/h1-2,4-5,7-8,11,13,17H,3,6,9-10,12,14H2. The van der Waals surface area contributed by atoms with Crippen LogP contribution >= 0.6 is 0 Å². The second-order valence-electron chi connectivity index (χ2n) is 6.22. The quantitative estimate of drug-likeness (QED) is 0.868. The Morgan fingerprint density at radius 1 is 1.26 bits per heavy atom. The Labute approximate surface area is 136 Å². The molecule has 3 nitrogen and oxygen atoms in total. The number of rotatable bonds is 4. The molecule has 3 rings (SSSR count). The monoisotopic (exact) mass is 312 g/mol. The summed E-state index contributed by atoms with van der Waals surface area (Å²) < 4.78 is 13.2. The third kappa shape index (κ3) is 4.38. The number of aromatic nitrogens is 1. The number of hydrogen-bond donors (Lipinski definition) is 0. The molecule has 0 aliphatic carbocycles. The maximum Gasteiger partial charge on any atom is 0.227 e. The number of pyridine rings is 1. The van der Waals surface area contributed by atoms with Crippen molar-refractivity contribution in [2.45, 2.75) is 25.7 Å². The highest BCUT2D eigenvalue weighted by molar-refractivity contribution is 5.78. The van der Waals surface area contributed by atoms with Crippen LogP contribution in [0, 0.1) is 11.7 Å². The zero-order valence-electron chi connectivity index (χ0n) is 13.1. The Hall–Kier alpha value is -2.23. The smallest absolute Gasteiger partial charge is 0.227 e. The summed E-state index contributed by atoms with van der Waals surface area (Å²) in [6, 6.07) is 10.3. The first-order valence-corrected chi connectivity index (χ1v) is 8.12. The lowest BCUT2D eigenvalue weighted by Gasteiger charge is -2.33. The van der Waals surface area contributed by atoms with E-state index in [2.05, 4.69) is 11.1 Å². The van der Waals surface area contributed by atoms with Gasteiger partial charge in [-0.25, -0.2) is 4.39 Å². The lowest BCUT2D eigenvalue weighted by atomic mass is 9.91. The highest BCUT2D eigenvalue weighted by atomic mass is 19.1. The summed E-state index contributed by atoms with van der Waals surface area (Å²) in [5.74, 6) is 0.277. The Kier molecular flexibility index (Phi) is 5.01. The van der Waals surface area contributed by atoms with E-state index in [1.165, 1.54) is 17.7 Å². The zero-order valence-corrected chi connectivity index (χ0v) is 13.1. The van der Waals surface area contributed by atoms with Gasteiger partial charge >= 0.3 is 0 Å². The Balaban J connectivity index is 1.58. The minimum absolute atomic E-state index is 0.0893. The molecule has 120 valence electrons. The summed E-state index contributed by atoms with van der Waals surface area (Å²) >= 11 is 0. The van der Waals surface area contributed by atoms with Gasteiger partial charge < -0.3 is 4.90 Å². The van der Waals surface area contributed by atoms with Crippen LogP contribution in [0.5, 0.6) is 0 Å². The van der Waals surface area contributed by atoms with Gasteiger partial charge in [-0.1, -0.05) is 18.2 Å². The molecule has 1 fully saturated rings. The van der Waals surface area contributed by atoms with E-state index < -0.39 is 0 Å². The van der Waals surface area contributed by atoms with Gasteiger partial charge in [0.05, 0.1) is 6.42 Å².